The molecule has 5 heteroatoms. The fourth-order valence-electron chi connectivity index (χ4n) is 2.11. The van der Waals surface area contributed by atoms with Crippen molar-refractivity contribution >= 4 is 27.3 Å². The molecule has 2 aromatic rings. The topological polar surface area (TPSA) is 29.3 Å². The van der Waals surface area contributed by atoms with Crippen LogP contribution in [0.25, 0.3) is 0 Å². The molecule has 102 valence electrons. The molecule has 0 saturated carbocycles. The van der Waals surface area contributed by atoms with E-state index in [-0.39, 0.29) is 11.9 Å². The maximum absolute atomic E-state index is 13.3. The minimum atomic E-state index is -0.220. The van der Waals surface area contributed by atoms with Gasteiger partial charge in [0.05, 0.1) is 3.79 Å². The van der Waals surface area contributed by atoms with Crippen LogP contribution in [0.1, 0.15) is 17.2 Å². The van der Waals surface area contributed by atoms with E-state index in [0.29, 0.717) is 6.54 Å². The smallest absolute Gasteiger partial charge is 0.123 e. The molecule has 1 atom stereocenters. The van der Waals surface area contributed by atoms with Crippen LogP contribution >= 0.6 is 27.3 Å². The summed E-state index contributed by atoms with van der Waals surface area (Å²) in [7, 11) is 2.01. The molecule has 2 nitrogen and oxygen atoms in total. The predicted octanol–water partition coefficient (Wildman–Crippen LogP) is 3.78. The van der Waals surface area contributed by atoms with Gasteiger partial charge in [-0.2, -0.15) is 0 Å². The Labute approximate surface area is 125 Å². The molecular formula is C14H16BrFN2S. The second kappa shape index (κ2) is 6.61. The number of benzene rings is 1. The third-order valence-corrected chi connectivity index (χ3v) is 4.60. The highest BCUT2D eigenvalue weighted by Crippen LogP contribution is 2.25. The second-order valence-electron chi connectivity index (χ2n) is 4.48. The molecule has 2 rings (SSSR count). The van der Waals surface area contributed by atoms with Gasteiger partial charge in [-0.3, -0.25) is 4.90 Å². The van der Waals surface area contributed by atoms with Crippen molar-refractivity contribution in [3.05, 3.63) is 56.4 Å². The highest BCUT2D eigenvalue weighted by Gasteiger charge is 2.16. The zero-order valence-electron chi connectivity index (χ0n) is 10.6. The molecule has 1 heterocycles. The molecule has 0 saturated heterocycles. The first-order valence-corrected chi connectivity index (χ1v) is 7.66. The average Bonchev–Trinajstić information content (AvgIpc) is 2.75. The first-order valence-electron chi connectivity index (χ1n) is 5.99. The standard InChI is InChI=1S/C14H16BrFN2S/c1-18(8-10-5-14(15)19-9-10)13(7-17)11-3-2-4-12(16)6-11/h2-6,9,13H,7-8,17H2,1H3. The minimum absolute atomic E-state index is 0.0226. The number of hydrogen-bond donors (Lipinski definition) is 1. The zero-order chi connectivity index (χ0) is 13.8. The number of hydrogen-bond acceptors (Lipinski definition) is 3. The lowest BCUT2D eigenvalue weighted by Gasteiger charge is -2.27. The van der Waals surface area contributed by atoms with Crippen molar-refractivity contribution in [1.82, 2.24) is 4.90 Å². The lowest BCUT2D eigenvalue weighted by Crippen LogP contribution is -2.30. The van der Waals surface area contributed by atoms with Gasteiger partial charge in [-0.15, -0.1) is 11.3 Å². The molecule has 0 aliphatic carbocycles. The molecule has 2 N–H and O–H groups in total. The Morgan fingerprint density at radius 2 is 2.21 bits per heavy atom. The fraction of sp³-hybridized carbons (Fsp3) is 0.286. The molecule has 19 heavy (non-hydrogen) atoms. The summed E-state index contributed by atoms with van der Waals surface area (Å²) < 4.78 is 14.4. The summed E-state index contributed by atoms with van der Waals surface area (Å²) in [4.78, 5) is 2.14. The molecule has 0 amide bonds. The van der Waals surface area contributed by atoms with Crippen LogP contribution in [0.15, 0.2) is 39.5 Å². The molecule has 1 aromatic heterocycles. The van der Waals surface area contributed by atoms with Crippen LogP contribution in [0.4, 0.5) is 4.39 Å². The summed E-state index contributed by atoms with van der Waals surface area (Å²) in [6, 6.07) is 8.77. The SMILES string of the molecule is CN(Cc1csc(Br)c1)C(CN)c1cccc(F)c1. The molecule has 1 aromatic carbocycles. The van der Waals surface area contributed by atoms with Gasteiger partial charge in [-0.05, 0) is 57.7 Å². The number of nitrogens with zero attached hydrogens (tertiary/aromatic N) is 1. The first kappa shape index (κ1) is 14.7. The quantitative estimate of drug-likeness (QED) is 0.895. The fourth-order valence-corrected chi connectivity index (χ4v) is 3.31. The minimum Gasteiger partial charge on any atom is -0.329 e. The Hall–Kier alpha value is -0.750. The average molecular weight is 343 g/mol. The molecule has 0 aliphatic heterocycles. The monoisotopic (exact) mass is 342 g/mol. The van der Waals surface area contributed by atoms with E-state index in [1.54, 1.807) is 23.5 Å². The largest absolute Gasteiger partial charge is 0.329 e. The normalized spacial score (nSPS) is 12.9. The van der Waals surface area contributed by atoms with Crippen molar-refractivity contribution in [1.29, 1.82) is 0 Å². The maximum atomic E-state index is 13.3. The van der Waals surface area contributed by atoms with E-state index in [2.05, 4.69) is 32.3 Å². The highest BCUT2D eigenvalue weighted by molar-refractivity contribution is 9.11. The molecule has 0 radical (unpaired) electrons. The van der Waals surface area contributed by atoms with E-state index in [1.165, 1.54) is 11.6 Å². The van der Waals surface area contributed by atoms with Crippen molar-refractivity contribution in [2.75, 3.05) is 13.6 Å². The summed E-state index contributed by atoms with van der Waals surface area (Å²) in [6.07, 6.45) is 0. The van der Waals surface area contributed by atoms with Crippen LogP contribution in [0.5, 0.6) is 0 Å². The van der Waals surface area contributed by atoms with Gasteiger partial charge >= 0.3 is 0 Å². The van der Waals surface area contributed by atoms with Crippen molar-refractivity contribution in [2.24, 2.45) is 5.73 Å². The van der Waals surface area contributed by atoms with E-state index in [4.69, 9.17) is 5.73 Å². The van der Waals surface area contributed by atoms with Gasteiger partial charge in [0.15, 0.2) is 0 Å². The van der Waals surface area contributed by atoms with Crippen molar-refractivity contribution in [2.45, 2.75) is 12.6 Å². The van der Waals surface area contributed by atoms with Crippen LogP contribution in [0.2, 0.25) is 0 Å². The van der Waals surface area contributed by atoms with E-state index in [0.717, 1.165) is 15.9 Å². The summed E-state index contributed by atoms with van der Waals surface area (Å²) in [5, 5.41) is 2.11. The molecule has 0 spiro atoms. The van der Waals surface area contributed by atoms with E-state index >= 15 is 0 Å². The molecular weight excluding hydrogens is 327 g/mol. The molecule has 0 bridgehead atoms. The number of thiophene rings is 1. The van der Waals surface area contributed by atoms with E-state index < -0.39 is 0 Å². The van der Waals surface area contributed by atoms with Gasteiger partial charge in [0.2, 0.25) is 0 Å². The second-order valence-corrected chi connectivity index (χ2v) is 6.77. The Balaban J connectivity index is 2.12. The Morgan fingerprint density at radius 1 is 1.42 bits per heavy atom. The van der Waals surface area contributed by atoms with Crippen molar-refractivity contribution in [3.63, 3.8) is 0 Å². The zero-order valence-corrected chi connectivity index (χ0v) is 13.0. The maximum Gasteiger partial charge on any atom is 0.123 e. The number of rotatable bonds is 5. The number of halogens is 2. The van der Waals surface area contributed by atoms with Crippen molar-refractivity contribution in [3.8, 4) is 0 Å². The first-order chi connectivity index (χ1) is 9.10. The van der Waals surface area contributed by atoms with Crippen LogP contribution in [0.3, 0.4) is 0 Å². The number of likely N-dealkylation sites (N-methyl/N-ethyl adjacent to an activating group) is 1. The van der Waals surface area contributed by atoms with Crippen LogP contribution in [0, 0.1) is 5.82 Å². The molecule has 0 aliphatic rings. The summed E-state index contributed by atoms with van der Waals surface area (Å²) in [6.45, 7) is 1.26. The Morgan fingerprint density at radius 3 is 2.79 bits per heavy atom. The van der Waals surface area contributed by atoms with Gasteiger partial charge in [-0.25, -0.2) is 4.39 Å². The summed E-state index contributed by atoms with van der Waals surface area (Å²) in [5.74, 6) is -0.220. The predicted molar refractivity (Wildman–Crippen MR) is 81.7 cm³/mol. The molecule has 0 fully saturated rings. The number of nitrogens with two attached hydrogens (primary N) is 1. The molecule has 1 unspecified atom stereocenters. The van der Waals surface area contributed by atoms with Crippen LogP contribution < -0.4 is 5.73 Å². The third-order valence-electron chi connectivity index (χ3n) is 3.04. The summed E-state index contributed by atoms with van der Waals surface area (Å²) >= 11 is 5.12. The van der Waals surface area contributed by atoms with Gasteiger partial charge in [0.1, 0.15) is 5.82 Å². The van der Waals surface area contributed by atoms with Gasteiger partial charge in [0.25, 0.3) is 0 Å². The van der Waals surface area contributed by atoms with Gasteiger partial charge in [-0.1, -0.05) is 12.1 Å². The van der Waals surface area contributed by atoms with Gasteiger partial charge in [0, 0.05) is 19.1 Å². The van der Waals surface area contributed by atoms with Crippen molar-refractivity contribution < 1.29 is 4.39 Å². The highest BCUT2D eigenvalue weighted by atomic mass is 79.9. The Kier molecular flexibility index (Phi) is 5.10. The van der Waals surface area contributed by atoms with E-state index in [9.17, 15) is 4.39 Å². The lowest BCUT2D eigenvalue weighted by molar-refractivity contribution is 0.241. The van der Waals surface area contributed by atoms with E-state index in [1.807, 2.05) is 13.1 Å². The lowest BCUT2D eigenvalue weighted by atomic mass is 10.1. The van der Waals surface area contributed by atoms with Crippen LogP contribution in [-0.2, 0) is 6.54 Å². The summed E-state index contributed by atoms with van der Waals surface area (Å²) in [5.41, 5.74) is 7.99. The Bertz CT molecular complexity index is 544. The van der Waals surface area contributed by atoms with Gasteiger partial charge < -0.3 is 5.73 Å². The third kappa shape index (κ3) is 3.86. The van der Waals surface area contributed by atoms with Crippen LogP contribution in [-0.4, -0.2) is 18.5 Å².